The van der Waals surface area contributed by atoms with Gasteiger partial charge in [0.2, 0.25) is 17.7 Å². The second-order valence-corrected chi connectivity index (χ2v) is 12.5. The highest BCUT2D eigenvalue weighted by Crippen LogP contribution is 2.55. The summed E-state index contributed by atoms with van der Waals surface area (Å²) in [6.45, 7) is 0.470. The van der Waals surface area contributed by atoms with E-state index < -0.39 is 29.6 Å². The summed E-state index contributed by atoms with van der Waals surface area (Å²) in [6, 6.07) is 7.06. The maximum Gasteiger partial charge on any atom is 0.246 e. The monoisotopic (exact) mass is 549 g/mol. The fraction of sp³-hybridized carbons (Fsp3) is 0.581. The van der Waals surface area contributed by atoms with E-state index >= 15 is 0 Å². The van der Waals surface area contributed by atoms with E-state index in [1.54, 1.807) is 16.7 Å². The van der Waals surface area contributed by atoms with Gasteiger partial charge in [-0.1, -0.05) is 49.1 Å². The van der Waals surface area contributed by atoms with Crippen LogP contribution in [0.2, 0.25) is 0 Å². The summed E-state index contributed by atoms with van der Waals surface area (Å²) in [4.78, 5) is 44.6. The number of hydrogen-bond acceptors (Lipinski definition) is 5. The number of carbonyl (C=O) groups is 3. The van der Waals surface area contributed by atoms with Crippen molar-refractivity contribution in [2.45, 2.75) is 92.9 Å². The van der Waals surface area contributed by atoms with Crippen LogP contribution in [-0.2, 0) is 19.1 Å². The number of amides is 3. The van der Waals surface area contributed by atoms with E-state index in [-0.39, 0.29) is 23.8 Å². The zero-order chi connectivity index (χ0) is 27.0. The Morgan fingerprint density at radius 3 is 2.74 bits per heavy atom. The van der Waals surface area contributed by atoms with E-state index in [9.17, 15) is 14.4 Å². The summed E-state index contributed by atoms with van der Waals surface area (Å²) in [5.74, 6) is -1.90. The van der Waals surface area contributed by atoms with E-state index in [1.165, 1.54) is 24.8 Å². The maximum absolute atomic E-state index is 14.1. The van der Waals surface area contributed by atoms with Gasteiger partial charge in [0.15, 0.2) is 0 Å². The molecule has 39 heavy (non-hydrogen) atoms. The van der Waals surface area contributed by atoms with Gasteiger partial charge in [0.1, 0.15) is 11.6 Å². The number of benzene rings is 1. The van der Waals surface area contributed by atoms with E-state index in [2.05, 4.69) is 16.7 Å². The lowest BCUT2D eigenvalue weighted by Crippen LogP contribution is -2.56. The van der Waals surface area contributed by atoms with Crippen molar-refractivity contribution in [3.05, 3.63) is 48.1 Å². The summed E-state index contributed by atoms with van der Waals surface area (Å²) >= 11 is 1.61. The fourth-order valence-electron chi connectivity index (χ4n) is 7.36. The average molecular weight is 550 g/mol. The van der Waals surface area contributed by atoms with Crippen LogP contribution in [0.25, 0.3) is 0 Å². The minimum atomic E-state index is -1.11. The van der Waals surface area contributed by atoms with Crippen molar-refractivity contribution in [3.8, 4) is 0 Å². The third-order valence-corrected chi connectivity index (χ3v) is 10.00. The molecule has 1 aromatic rings. The van der Waals surface area contributed by atoms with E-state index in [0.29, 0.717) is 12.2 Å². The molecule has 0 aromatic heterocycles. The Balaban J connectivity index is 1.27. The number of rotatable bonds is 8. The standard InChI is InChI=1S/C31H39N3O4S/c1-39-23-14-8-13-22(19-23)33-28(35)25-24-15-17-31(38-24)26(25)30(37)34(18-16-20-9-4-2-5-10-20)27(31)29(36)32-21-11-6-3-7-12-21/h8-9,13-15,17,19,21,24-27H,2-7,10-12,16,18H2,1H3,(H,32,36)(H,33,35). The van der Waals surface area contributed by atoms with Crippen LogP contribution in [-0.4, -0.2) is 59.2 Å². The molecule has 5 atom stereocenters. The Bertz CT molecular complexity index is 1190. The average Bonchev–Trinajstić information content (AvgIpc) is 3.60. The molecule has 1 spiro atoms. The molecule has 2 bridgehead atoms. The third kappa shape index (κ3) is 4.95. The molecule has 3 amide bonds. The smallest absolute Gasteiger partial charge is 0.246 e. The van der Waals surface area contributed by atoms with Gasteiger partial charge in [-0.05, 0) is 69.4 Å². The molecule has 3 heterocycles. The molecule has 0 radical (unpaired) electrons. The first-order chi connectivity index (χ1) is 19.0. The number of nitrogens with one attached hydrogen (secondary N) is 2. The van der Waals surface area contributed by atoms with Gasteiger partial charge in [-0.25, -0.2) is 0 Å². The van der Waals surface area contributed by atoms with Crippen LogP contribution in [0.5, 0.6) is 0 Å². The molecule has 2 aliphatic carbocycles. The lowest BCUT2D eigenvalue weighted by Gasteiger charge is -2.34. The van der Waals surface area contributed by atoms with Crippen molar-refractivity contribution in [3.63, 3.8) is 0 Å². The molecule has 2 saturated heterocycles. The van der Waals surface area contributed by atoms with Gasteiger partial charge in [-0.2, -0.15) is 0 Å². The third-order valence-electron chi connectivity index (χ3n) is 9.27. The first-order valence-electron chi connectivity index (χ1n) is 14.6. The minimum Gasteiger partial charge on any atom is -0.359 e. The molecule has 1 aromatic carbocycles. The van der Waals surface area contributed by atoms with Crippen LogP contribution in [0.4, 0.5) is 5.69 Å². The second-order valence-electron chi connectivity index (χ2n) is 11.7. The van der Waals surface area contributed by atoms with Crippen LogP contribution >= 0.6 is 11.8 Å². The van der Waals surface area contributed by atoms with Gasteiger partial charge >= 0.3 is 0 Å². The number of nitrogens with zero attached hydrogens (tertiary/aromatic N) is 1. The summed E-state index contributed by atoms with van der Waals surface area (Å²) in [7, 11) is 0. The number of hydrogen-bond donors (Lipinski definition) is 2. The maximum atomic E-state index is 14.1. The Morgan fingerprint density at radius 1 is 1.13 bits per heavy atom. The van der Waals surface area contributed by atoms with Crippen LogP contribution < -0.4 is 10.6 Å². The Labute approximate surface area is 235 Å². The van der Waals surface area contributed by atoms with Crippen LogP contribution in [0.1, 0.15) is 64.2 Å². The summed E-state index contributed by atoms with van der Waals surface area (Å²) < 4.78 is 6.50. The van der Waals surface area contributed by atoms with E-state index in [1.807, 2.05) is 42.7 Å². The SMILES string of the molecule is CSc1cccc(NC(=O)C2C3C=CC4(O3)C2C(=O)N(CCC2=CCCCC2)C4C(=O)NC2CCCCC2)c1. The van der Waals surface area contributed by atoms with E-state index in [0.717, 1.165) is 49.8 Å². The van der Waals surface area contributed by atoms with Gasteiger partial charge in [-0.3, -0.25) is 14.4 Å². The first-order valence-corrected chi connectivity index (χ1v) is 15.8. The van der Waals surface area contributed by atoms with Crippen molar-refractivity contribution < 1.29 is 19.1 Å². The van der Waals surface area contributed by atoms with Gasteiger partial charge < -0.3 is 20.3 Å². The van der Waals surface area contributed by atoms with Crippen LogP contribution in [0, 0.1) is 11.8 Å². The Morgan fingerprint density at radius 2 is 1.97 bits per heavy atom. The molecule has 5 unspecified atom stereocenters. The number of carbonyl (C=O) groups excluding carboxylic acids is 3. The zero-order valence-electron chi connectivity index (χ0n) is 22.7. The predicted octanol–water partition coefficient (Wildman–Crippen LogP) is 4.84. The van der Waals surface area contributed by atoms with Crippen LogP contribution in [0.15, 0.2) is 53.0 Å². The largest absolute Gasteiger partial charge is 0.359 e. The van der Waals surface area contributed by atoms with E-state index in [4.69, 9.17) is 4.74 Å². The number of thioether (sulfide) groups is 1. The van der Waals surface area contributed by atoms with Crippen molar-refractivity contribution in [2.24, 2.45) is 11.8 Å². The van der Waals surface area contributed by atoms with Gasteiger partial charge in [0.25, 0.3) is 0 Å². The molecular formula is C31H39N3O4S. The van der Waals surface area contributed by atoms with Gasteiger partial charge in [0, 0.05) is 23.2 Å². The predicted molar refractivity (Wildman–Crippen MR) is 152 cm³/mol. The number of allylic oxidation sites excluding steroid dienone is 1. The lowest BCUT2D eigenvalue weighted by molar-refractivity contribution is -0.141. The summed E-state index contributed by atoms with van der Waals surface area (Å²) in [6.07, 6.45) is 18.2. The lowest BCUT2D eigenvalue weighted by atomic mass is 9.74. The molecule has 208 valence electrons. The Kier molecular flexibility index (Phi) is 7.60. The molecule has 2 N–H and O–H groups in total. The highest BCUT2D eigenvalue weighted by atomic mass is 32.2. The number of likely N-dealkylation sites (tertiary alicyclic amines) is 1. The molecule has 3 aliphatic heterocycles. The van der Waals surface area contributed by atoms with Crippen molar-refractivity contribution >= 4 is 35.2 Å². The molecule has 6 rings (SSSR count). The molecule has 3 fully saturated rings. The van der Waals surface area contributed by atoms with Gasteiger partial charge in [0.05, 0.1) is 17.9 Å². The quantitative estimate of drug-likeness (QED) is 0.358. The normalized spacial score (nSPS) is 31.8. The highest BCUT2D eigenvalue weighted by molar-refractivity contribution is 7.98. The summed E-state index contributed by atoms with van der Waals surface area (Å²) in [5.41, 5.74) is 0.953. The molecule has 5 aliphatic rings. The summed E-state index contributed by atoms with van der Waals surface area (Å²) in [5, 5.41) is 6.31. The highest BCUT2D eigenvalue weighted by Gasteiger charge is 2.72. The minimum absolute atomic E-state index is 0.130. The van der Waals surface area contributed by atoms with Crippen molar-refractivity contribution in [1.29, 1.82) is 0 Å². The Hall–Kier alpha value is -2.58. The zero-order valence-corrected chi connectivity index (χ0v) is 23.5. The number of ether oxygens (including phenoxy) is 1. The topological polar surface area (TPSA) is 87.7 Å². The molecule has 7 nitrogen and oxygen atoms in total. The molecule has 1 saturated carbocycles. The van der Waals surface area contributed by atoms with Crippen LogP contribution in [0.3, 0.4) is 0 Å². The molecular weight excluding hydrogens is 510 g/mol. The van der Waals surface area contributed by atoms with Crippen molar-refractivity contribution in [2.75, 3.05) is 18.1 Å². The fourth-order valence-corrected chi connectivity index (χ4v) is 7.82. The first kappa shape index (κ1) is 26.6. The second kappa shape index (κ2) is 11.1. The van der Waals surface area contributed by atoms with Crippen molar-refractivity contribution in [1.82, 2.24) is 10.2 Å². The van der Waals surface area contributed by atoms with Gasteiger partial charge in [-0.15, -0.1) is 11.8 Å². The number of anilines is 1. The molecule has 8 heteroatoms. The number of fused-ring (bicyclic) bond motifs is 1.